The maximum absolute atomic E-state index is 2.32. The van der Waals surface area contributed by atoms with Crippen LogP contribution >= 0.6 is 70.6 Å². The second-order valence-electron chi connectivity index (χ2n) is 7.07. The molecule has 0 heterocycles. The molecule has 0 unspecified atom stereocenters. The lowest BCUT2D eigenvalue weighted by Crippen LogP contribution is -2.00. The summed E-state index contributed by atoms with van der Waals surface area (Å²) >= 11 is 12.7. The summed E-state index contributed by atoms with van der Waals surface area (Å²) in [6.07, 6.45) is 7.43. The number of rotatable bonds is 18. The van der Waals surface area contributed by atoms with Gasteiger partial charge in [0, 0.05) is 29.4 Å². The minimum Gasteiger partial charge on any atom is -0.124 e. The minimum atomic E-state index is 1.22. The van der Waals surface area contributed by atoms with Gasteiger partial charge in [-0.15, -0.1) is 70.6 Å². The summed E-state index contributed by atoms with van der Waals surface area (Å²) in [5, 5.41) is 0. The van der Waals surface area contributed by atoms with Gasteiger partial charge in [-0.1, -0.05) is 41.5 Å². The molecule has 0 aromatic heterocycles. The van der Waals surface area contributed by atoms with Crippen LogP contribution in [0.4, 0.5) is 0 Å². The molecule has 30 heavy (non-hydrogen) atoms. The summed E-state index contributed by atoms with van der Waals surface area (Å²) in [5.74, 6) is 7.31. The maximum atomic E-state index is 2.32. The van der Waals surface area contributed by atoms with Crippen LogP contribution in [-0.4, -0.2) is 34.5 Å². The molecule has 0 aliphatic rings. The Labute approximate surface area is 213 Å². The van der Waals surface area contributed by atoms with Gasteiger partial charge in [-0.2, -0.15) is 0 Å². The highest BCUT2D eigenvalue weighted by Gasteiger charge is 2.25. The molecule has 1 aromatic rings. The van der Waals surface area contributed by atoms with E-state index in [0.717, 1.165) is 0 Å². The second kappa shape index (κ2) is 18.7. The normalized spacial score (nSPS) is 11.4. The summed E-state index contributed by atoms with van der Waals surface area (Å²) in [6, 6.07) is 0. The van der Waals surface area contributed by atoms with Crippen LogP contribution in [-0.2, 0) is 0 Å². The van der Waals surface area contributed by atoms with E-state index in [9.17, 15) is 0 Å². The van der Waals surface area contributed by atoms with Crippen molar-refractivity contribution in [1.29, 1.82) is 0 Å². The standard InChI is InChI=1S/C24H42S6/c1-7-13-25-19-20(26-14-8-2)22(28-16-10-4)24(30-18-12-6)23(29-17-11-5)21(19)27-15-9-3/h7-18H2,1-6H3. The third-order valence-corrected chi connectivity index (χ3v) is 12.6. The predicted molar refractivity (Wildman–Crippen MR) is 153 cm³/mol. The number of benzene rings is 1. The Balaban J connectivity index is 3.74. The molecule has 1 rings (SSSR count). The van der Waals surface area contributed by atoms with E-state index in [-0.39, 0.29) is 0 Å². The molecular weight excluding hydrogens is 481 g/mol. The molecule has 6 heteroatoms. The van der Waals surface area contributed by atoms with Crippen LogP contribution in [0, 0.1) is 0 Å². The molecule has 0 N–H and O–H groups in total. The first kappa shape index (κ1) is 29.4. The highest BCUT2D eigenvalue weighted by Crippen LogP contribution is 2.54. The molecule has 0 amide bonds. The van der Waals surface area contributed by atoms with Gasteiger partial charge in [-0.3, -0.25) is 0 Å². The number of hydrogen-bond acceptors (Lipinski definition) is 6. The van der Waals surface area contributed by atoms with Gasteiger partial charge >= 0.3 is 0 Å². The highest BCUT2D eigenvalue weighted by atomic mass is 32.2. The Kier molecular flexibility index (Phi) is 18.3. The van der Waals surface area contributed by atoms with Gasteiger partial charge in [0.25, 0.3) is 0 Å². The monoisotopic (exact) mass is 522 g/mol. The zero-order valence-electron chi connectivity index (χ0n) is 19.9. The van der Waals surface area contributed by atoms with Gasteiger partial charge < -0.3 is 0 Å². The van der Waals surface area contributed by atoms with Gasteiger partial charge in [-0.25, -0.2) is 0 Å². The Hall–Kier alpha value is 1.32. The van der Waals surface area contributed by atoms with Gasteiger partial charge in [-0.05, 0) is 73.0 Å². The van der Waals surface area contributed by atoms with Crippen molar-refractivity contribution in [3.05, 3.63) is 0 Å². The molecule has 0 bridgehead atoms. The third kappa shape index (κ3) is 9.67. The van der Waals surface area contributed by atoms with E-state index < -0.39 is 0 Å². The van der Waals surface area contributed by atoms with E-state index in [2.05, 4.69) is 112 Å². The van der Waals surface area contributed by atoms with Crippen LogP contribution in [0.2, 0.25) is 0 Å². The molecule has 0 atom stereocenters. The van der Waals surface area contributed by atoms with Crippen LogP contribution in [0.15, 0.2) is 29.4 Å². The average molecular weight is 523 g/mol. The summed E-state index contributed by atoms with van der Waals surface area (Å²) in [5.41, 5.74) is 0. The lowest BCUT2D eigenvalue weighted by atomic mass is 10.3. The van der Waals surface area contributed by atoms with Crippen molar-refractivity contribution in [2.75, 3.05) is 34.5 Å². The summed E-state index contributed by atoms with van der Waals surface area (Å²) in [4.78, 5) is 9.62. The van der Waals surface area contributed by atoms with E-state index in [1.54, 1.807) is 29.4 Å². The van der Waals surface area contributed by atoms with E-state index in [4.69, 9.17) is 0 Å². The Morgan fingerprint density at radius 2 is 0.433 bits per heavy atom. The molecule has 0 aliphatic carbocycles. The van der Waals surface area contributed by atoms with Gasteiger partial charge in [0.05, 0.1) is 0 Å². The van der Waals surface area contributed by atoms with E-state index in [1.807, 2.05) is 0 Å². The van der Waals surface area contributed by atoms with Crippen molar-refractivity contribution >= 4 is 70.6 Å². The quantitative estimate of drug-likeness (QED) is 0.174. The molecular formula is C24H42S6. The van der Waals surface area contributed by atoms with Gasteiger partial charge in [0.1, 0.15) is 0 Å². The van der Waals surface area contributed by atoms with Crippen molar-refractivity contribution in [1.82, 2.24) is 0 Å². The predicted octanol–water partition coefficient (Wildman–Crippen LogP) is 10.7. The van der Waals surface area contributed by atoms with Crippen LogP contribution in [0.25, 0.3) is 0 Å². The Morgan fingerprint density at radius 1 is 0.300 bits per heavy atom. The summed E-state index contributed by atoms with van der Waals surface area (Å²) in [7, 11) is 0. The largest absolute Gasteiger partial charge is 0.124 e. The summed E-state index contributed by atoms with van der Waals surface area (Å²) < 4.78 is 0. The number of thioether (sulfide) groups is 6. The van der Waals surface area contributed by atoms with Gasteiger partial charge in [0.15, 0.2) is 0 Å². The molecule has 0 fully saturated rings. The smallest absolute Gasteiger partial charge is 0.0368 e. The zero-order valence-corrected chi connectivity index (χ0v) is 24.8. The average Bonchev–Trinajstić information content (AvgIpc) is 2.76. The van der Waals surface area contributed by atoms with Crippen molar-refractivity contribution in [2.45, 2.75) is 109 Å². The fourth-order valence-electron chi connectivity index (χ4n) is 2.63. The Morgan fingerprint density at radius 3 is 0.533 bits per heavy atom. The molecule has 0 aliphatic heterocycles. The molecule has 174 valence electrons. The van der Waals surface area contributed by atoms with Crippen molar-refractivity contribution < 1.29 is 0 Å². The second-order valence-corrected chi connectivity index (χ2v) is 13.7. The number of hydrogen-bond donors (Lipinski definition) is 0. The van der Waals surface area contributed by atoms with E-state index in [0.29, 0.717) is 0 Å². The lowest BCUT2D eigenvalue weighted by molar-refractivity contribution is 0.864. The fraction of sp³-hybridized carbons (Fsp3) is 0.750. The molecule has 0 saturated carbocycles. The zero-order chi connectivity index (χ0) is 22.2. The van der Waals surface area contributed by atoms with Crippen molar-refractivity contribution in [3.63, 3.8) is 0 Å². The fourth-order valence-corrected chi connectivity index (χ4v) is 10.4. The molecule has 0 spiro atoms. The third-order valence-electron chi connectivity index (χ3n) is 3.94. The molecule has 1 aromatic carbocycles. The minimum absolute atomic E-state index is 1.22. The van der Waals surface area contributed by atoms with Gasteiger partial charge in [0.2, 0.25) is 0 Å². The lowest BCUT2D eigenvalue weighted by Gasteiger charge is -2.25. The first-order chi connectivity index (χ1) is 14.7. The molecule has 0 saturated heterocycles. The van der Waals surface area contributed by atoms with E-state index in [1.165, 1.54) is 73.0 Å². The first-order valence-electron chi connectivity index (χ1n) is 11.7. The van der Waals surface area contributed by atoms with Crippen LogP contribution in [0.3, 0.4) is 0 Å². The Bertz CT molecular complexity index is 436. The van der Waals surface area contributed by atoms with Crippen LogP contribution < -0.4 is 0 Å². The molecule has 0 nitrogen and oxygen atoms in total. The van der Waals surface area contributed by atoms with Crippen molar-refractivity contribution in [2.24, 2.45) is 0 Å². The van der Waals surface area contributed by atoms with Crippen molar-refractivity contribution in [3.8, 4) is 0 Å². The van der Waals surface area contributed by atoms with Crippen LogP contribution in [0.1, 0.15) is 80.1 Å². The highest BCUT2D eigenvalue weighted by molar-refractivity contribution is 8.06. The first-order valence-corrected chi connectivity index (χ1v) is 17.6. The summed E-state index contributed by atoms with van der Waals surface area (Å²) in [6.45, 7) is 13.9. The maximum Gasteiger partial charge on any atom is 0.0368 e. The molecule has 0 radical (unpaired) electrons. The van der Waals surface area contributed by atoms with Crippen LogP contribution in [0.5, 0.6) is 0 Å². The van der Waals surface area contributed by atoms with E-state index >= 15 is 0 Å². The SMILES string of the molecule is CCCSc1c(SCCC)c(SCCC)c(SCCC)c(SCCC)c1SCCC. The topological polar surface area (TPSA) is 0 Å².